The number of carbonyl (C=O) groups is 2. The summed E-state index contributed by atoms with van der Waals surface area (Å²) in [5.74, 6) is -0.750. The molecule has 23 heavy (non-hydrogen) atoms. The van der Waals surface area contributed by atoms with Gasteiger partial charge in [0.15, 0.2) is 0 Å². The zero-order valence-electron chi connectivity index (χ0n) is 14.7. The number of nitrogens with one attached hydrogen (secondary N) is 1. The van der Waals surface area contributed by atoms with Crippen molar-refractivity contribution in [3.05, 3.63) is 0 Å². The predicted octanol–water partition coefficient (Wildman–Crippen LogP) is 1.74. The summed E-state index contributed by atoms with van der Waals surface area (Å²) in [6.45, 7) is 7.60. The molecule has 6 heteroatoms. The van der Waals surface area contributed by atoms with E-state index in [0.717, 1.165) is 38.9 Å². The van der Waals surface area contributed by atoms with Crippen LogP contribution < -0.4 is 5.32 Å². The standard InChI is InChI=1S/C17H32N2O4/c1-13(2)11-14(17(21)22)12-18-15-6-9-19(10-7-15)8-4-5-16(20)23-3/h13-15,18H,4-12H2,1-3H3,(H,21,22). The number of aliphatic carboxylic acids is 1. The molecule has 0 bridgehead atoms. The Hall–Kier alpha value is -1.14. The van der Waals surface area contributed by atoms with Gasteiger partial charge in [-0.1, -0.05) is 13.8 Å². The Labute approximate surface area is 139 Å². The number of rotatable bonds is 10. The van der Waals surface area contributed by atoms with E-state index in [9.17, 15) is 14.7 Å². The number of methoxy groups -OCH3 is 1. The van der Waals surface area contributed by atoms with E-state index in [1.54, 1.807) is 0 Å². The van der Waals surface area contributed by atoms with Gasteiger partial charge < -0.3 is 20.1 Å². The second kappa shape index (κ2) is 10.6. The molecular weight excluding hydrogens is 296 g/mol. The topological polar surface area (TPSA) is 78.9 Å². The molecule has 1 saturated heterocycles. The van der Waals surface area contributed by atoms with Crippen LogP contribution in [0.2, 0.25) is 0 Å². The van der Waals surface area contributed by atoms with E-state index in [1.807, 2.05) is 0 Å². The molecule has 2 N–H and O–H groups in total. The van der Waals surface area contributed by atoms with E-state index < -0.39 is 5.97 Å². The van der Waals surface area contributed by atoms with Gasteiger partial charge in [0.25, 0.3) is 0 Å². The molecule has 1 aliphatic rings. The Morgan fingerprint density at radius 3 is 2.48 bits per heavy atom. The SMILES string of the molecule is COC(=O)CCCN1CCC(NCC(CC(C)C)C(=O)O)CC1. The highest BCUT2D eigenvalue weighted by Crippen LogP contribution is 2.14. The summed E-state index contributed by atoms with van der Waals surface area (Å²) in [5.41, 5.74) is 0. The summed E-state index contributed by atoms with van der Waals surface area (Å²) < 4.78 is 4.64. The summed E-state index contributed by atoms with van der Waals surface area (Å²) in [5, 5.41) is 12.7. The van der Waals surface area contributed by atoms with Crippen LogP contribution in [-0.4, -0.2) is 61.3 Å². The van der Waals surface area contributed by atoms with E-state index in [2.05, 4.69) is 28.8 Å². The first-order valence-corrected chi connectivity index (χ1v) is 8.67. The molecule has 1 fully saturated rings. The van der Waals surface area contributed by atoms with E-state index in [-0.39, 0.29) is 11.9 Å². The number of hydrogen-bond donors (Lipinski definition) is 2. The number of piperidine rings is 1. The predicted molar refractivity (Wildman–Crippen MR) is 89.3 cm³/mol. The van der Waals surface area contributed by atoms with Crippen molar-refractivity contribution in [1.29, 1.82) is 0 Å². The van der Waals surface area contributed by atoms with Crippen molar-refractivity contribution in [2.45, 2.75) is 52.0 Å². The van der Waals surface area contributed by atoms with Gasteiger partial charge >= 0.3 is 11.9 Å². The van der Waals surface area contributed by atoms with Gasteiger partial charge in [0.2, 0.25) is 0 Å². The molecule has 0 radical (unpaired) electrons. The number of carboxylic acid groups (broad SMARTS) is 1. The van der Waals surface area contributed by atoms with Crippen molar-refractivity contribution < 1.29 is 19.4 Å². The van der Waals surface area contributed by atoms with Gasteiger partial charge in [-0.3, -0.25) is 9.59 Å². The van der Waals surface area contributed by atoms with E-state index in [0.29, 0.717) is 31.3 Å². The highest BCUT2D eigenvalue weighted by atomic mass is 16.5. The fourth-order valence-corrected chi connectivity index (χ4v) is 3.06. The van der Waals surface area contributed by atoms with Crippen LogP contribution >= 0.6 is 0 Å². The van der Waals surface area contributed by atoms with E-state index in [4.69, 9.17) is 0 Å². The number of nitrogens with zero attached hydrogens (tertiary/aromatic N) is 1. The van der Waals surface area contributed by atoms with Crippen LogP contribution in [0.5, 0.6) is 0 Å². The molecular formula is C17H32N2O4. The lowest BCUT2D eigenvalue weighted by Gasteiger charge is -2.33. The molecule has 0 aromatic carbocycles. The maximum absolute atomic E-state index is 11.3. The molecule has 1 heterocycles. The average Bonchev–Trinajstić information content (AvgIpc) is 2.51. The fourth-order valence-electron chi connectivity index (χ4n) is 3.06. The molecule has 0 spiro atoms. The minimum absolute atomic E-state index is 0.147. The lowest BCUT2D eigenvalue weighted by molar-refractivity contribution is -0.142. The number of carboxylic acids is 1. The number of carbonyl (C=O) groups excluding carboxylic acids is 1. The highest BCUT2D eigenvalue weighted by Gasteiger charge is 2.23. The molecule has 0 aliphatic carbocycles. The third kappa shape index (κ3) is 8.32. The third-order valence-corrected chi connectivity index (χ3v) is 4.43. The summed E-state index contributed by atoms with van der Waals surface area (Å²) >= 11 is 0. The molecule has 0 saturated carbocycles. The van der Waals surface area contributed by atoms with Crippen LogP contribution in [0.1, 0.15) is 46.0 Å². The van der Waals surface area contributed by atoms with Gasteiger partial charge in [-0.2, -0.15) is 0 Å². The van der Waals surface area contributed by atoms with Crippen LogP contribution in [0.3, 0.4) is 0 Å². The molecule has 1 aliphatic heterocycles. The third-order valence-electron chi connectivity index (χ3n) is 4.43. The fraction of sp³-hybridized carbons (Fsp3) is 0.882. The van der Waals surface area contributed by atoms with Crippen molar-refractivity contribution in [3.8, 4) is 0 Å². The van der Waals surface area contributed by atoms with Gasteiger partial charge in [0.05, 0.1) is 13.0 Å². The number of ether oxygens (including phenoxy) is 1. The summed E-state index contributed by atoms with van der Waals surface area (Å²) in [4.78, 5) is 24.7. The Bertz CT molecular complexity index is 366. The van der Waals surface area contributed by atoms with Gasteiger partial charge in [0.1, 0.15) is 0 Å². The first-order chi connectivity index (χ1) is 10.9. The number of hydrogen-bond acceptors (Lipinski definition) is 5. The van der Waals surface area contributed by atoms with Gasteiger partial charge in [-0.15, -0.1) is 0 Å². The molecule has 6 nitrogen and oxygen atoms in total. The quantitative estimate of drug-likeness (QED) is 0.595. The summed E-state index contributed by atoms with van der Waals surface area (Å²) in [7, 11) is 1.42. The molecule has 0 aromatic rings. The van der Waals surface area contributed by atoms with Gasteiger partial charge in [-0.25, -0.2) is 0 Å². The lowest BCUT2D eigenvalue weighted by Crippen LogP contribution is -2.45. The van der Waals surface area contributed by atoms with Gasteiger partial charge in [-0.05, 0) is 51.2 Å². The molecule has 0 aromatic heterocycles. The van der Waals surface area contributed by atoms with Crippen LogP contribution in [0, 0.1) is 11.8 Å². The molecule has 0 amide bonds. The zero-order chi connectivity index (χ0) is 17.2. The molecule has 1 rings (SSSR count). The molecule has 1 unspecified atom stereocenters. The maximum Gasteiger partial charge on any atom is 0.307 e. The van der Waals surface area contributed by atoms with Gasteiger partial charge in [0, 0.05) is 19.0 Å². The Morgan fingerprint density at radius 2 is 1.96 bits per heavy atom. The largest absolute Gasteiger partial charge is 0.481 e. The second-order valence-electron chi connectivity index (χ2n) is 6.87. The molecule has 134 valence electrons. The van der Waals surface area contributed by atoms with E-state index in [1.165, 1.54) is 7.11 Å². The van der Waals surface area contributed by atoms with Crippen LogP contribution in [0.25, 0.3) is 0 Å². The summed E-state index contributed by atoms with van der Waals surface area (Å²) in [6, 6.07) is 0.404. The van der Waals surface area contributed by atoms with Crippen molar-refractivity contribution in [3.63, 3.8) is 0 Å². The monoisotopic (exact) mass is 328 g/mol. The van der Waals surface area contributed by atoms with Crippen molar-refractivity contribution in [2.24, 2.45) is 11.8 Å². The number of likely N-dealkylation sites (tertiary alicyclic amines) is 1. The van der Waals surface area contributed by atoms with E-state index >= 15 is 0 Å². The summed E-state index contributed by atoms with van der Waals surface area (Å²) in [6.07, 6.45) is 4.09. The van der Waals surface area contributed by atoms with Crippen LogP contribution in [0.15, 0.2) is 0 Å². The zero-order valence-corrected chi connectivity index (χ0v) is 14.7. The second-order valence-corrected chi connectivity index (χ2v) is 6.87. The Morgan fingerprint density at radius 1 is 1.30 bits per heavy atom. The lowest BCUT2D eigenvalue weighted by atomic mass is 9.96. The van der Waals surface area contributed by atoms with Crippen molar-refractivity contribution in [2.75, 3.05) is 33.3 Å². The Kier molecular flexibility index (Phi) is 9.17. The normalized spacial score (nSPS) is 18.1. The van der Waals surface area contributed by atoms with Crippen molar-refractivity contribution >= 4 is 11.9 Å². The number of esters is 1. The first-order valence-electron chi connectivity index (χ1n) is 8.67. The van der Waals surface area contributed by atoms with Crippen LogP contribution in [0.4, 0.5) is 0 Å². The van der Waals surface area contributed by atoms with Crippen molar-refractivity contribution in [1.82, 2.24) is 10.2 Å². The van der Waals surface area contributed by atoms with Crippen LogP contribution in [-0.2, 0) is 14.3 Å². The molecule has 1 atom stereocenters. The minimum Gasteiger partial charge on any atom is -0.481 e. The average molecular weight is 328 g/mol. The minimum atomic E-state index is -0.702. The maximum atomic E-state index is 11.3. The highest BCUT2D eigenvalue weighted by molar-refractivity contribution is 5.70. The first kappa shape index (κ1) is 19.9. The smallest absolute Gasteiger partial charge is 0.307 e. The Balaban J connectivity index is 2.20.